The summed E-state index contributed by atoms with van der Waals surface area (Å²) in [7, 11) is 2.10. The van der Waals surface area contributed by atoms with Gasteiger partial charge in [-0.2, -0.15) is 0 Å². The zero-order valence-electron chi connectivity index (χ0n) is 13.4. The van der Waals surface area contributed by atoms with Crippen LogP contribution in [0.5, 0.6) is 0 Å². The van der Waals surface area contributed by atoms with Gasteiger partial charge in [0.05, 0.1) is 10.7 Å². The van der Waals surface area contributed by atoms with E-state index in [0.717, 1.165) is 31.9 Å². The van der Waals surface area contributed by atoms with E-state index in [4.69, 9.17) is 11.6 Å². The third-order valence-electron chi connectivity index (χ3n) is 4.16. The average Bonchev–Trinajstić information content (AvgIpc) is 2.57. The number of amides is 1. The maximum Gasteiger partial charge on any atom is 0.255 e. The summed E-state index contributed by atoms with van der Waals surface area (Å²) in [6.07, 6.45) is 0. The number of nitrogens with zero attached hydrogens (tertiary/aromatic N) is 2. The molecule has 4 nitrogen and oxygen atoms in total. The van der Waals surface area contributed by atoms with Gasteiger partial charge in [0.1, 0.15) is 5.82 Å². The summed E-state index contributed by atoms with van der Waals surface area (Å²) in [4.78, 5) is 16.7. The van der Waals surface area contributed by atoms with E-state index in [0.29, 0.717) is 16.3 Å². The van der Waals surface area contributed by atoms with E-state index in [1.54, 1.807) is 6.07 Å². The van der Waals surface area contributed by atoms with Crippen LogP contribution in [-0.4, -0.2) is 44.0 Å². The van der Waals surface area contributed by atoms with Crippen molar-refractivity contribution in [2.24, 2.45) is 0 Å². The first-order chi connectivity index (χ1) is 11.5. The van der Waals surface area contributed by atoms with Crippen LogP contribution in [0.15, 0.2) is 42.5 Å². The summed E-state index contributed by atoms with van der Waals surface area (Å²) in [5.41, 5.74) is 1.99. The first-order valence-corrected chi connectivity index (χ1v) is 8.21. The Morgan fingerprint density at radius 1 is 1.08 bits per heavy atom. The van der Waals surface area contributed by atoms with Crippen molar-refractivity contribution in [3.63, 3.8) is 0 Å². The Kier molecular flexibility index (Phi) is 5.02. The molecule has 0 atom stereocenters. The van der Waals surface area contributed by atoms with E-state index in [9.17, 15) is 9.18 Å². The van der Waals surface area contributed by atoms with E-state index in [1.165, 1.54) is 24.3 Å². The van der Waals surface area contributed by atoms with Crippen LogP contribution in [0, 0.1) is 5.82 Å². The molecule has 1 saturated heterocycles. The first kappa shape index (κ1) is 16.7. The Balaban J connectivity index is 1.70. The third kappa shape index (κ3) is 3.86. The van der Waals surface area contributed by atoms with Crippen LogP contribution in [0.4, 0.5) is 15.8 Å². The molecule has 0 spiro atoms. The fourth-order valence-electron chi connectivity index (χ4n) is 2.69. The second-order valence-electron chi connectivity index (χ2n) is 5.92. The SMILES string of the molecule is CN1CCN(c2ccc(NC(=O)c3ccc(F)cc3)cc2Cl)CC1. The van der Waals surface area contributed by atoms with Crippen LogP contribution >= 0.6 is 11.6 Å². The minimum atomic E-state index is -0.369. The van der Waals surface area contributed by atoms with E-state index < -0.39 is 0 Å². The maximum atomic E-state index is 12.9. The van der Waals surface area contributed by atoms with Gasteiger partial charge in [-0.1, -0.05) is 11.6 Å². The van der Waals surface area contributed by atoms with Gasteiger partial charge in [0.2, 0.25) is 0 Å². The van der Waals surface area contributed by atoms with Gasteiger partial charge < -0.3 is 15.1 Å². The number of carbonyl (C=O) groups excluding carboxylic acids is 1. The van der Waals surface area contributed by atoms with E-state index in [1.807, 2.05) is 12.1 Å². The number of likely N-dealkylation sites (N-methyl/N-ethyl adjacent to an activating group) is 1. The summed E-state index contributed by atoms with van der Waals surface area (Å²) in [6.45, 7) is 3.85. The van der Waals surface area contributed by atoms with Crippen LogP contribution in [0.1, 0.15) is 10.4 Å². The quantitative estimate of drug-likeness (QED) is 0.923. The summed E-state index contributed by atoms with van der Waals surface area (Å²) < 4.78 is 12.9. The van der Waals surface area contributed by atoms with Crippen molar-refractivity contribution in [3.8, 4) is 0 Å². The number of rotatable bonds is 3. The van der Waals surface area contributed by atoms with Gasteiger partial charge in [-0.3, -0.25) is 4.79 Å². The first-order valence-electron chi connectivity index (χ1n) is 7.83. The Morgan fingerprint density at radius 3 is 2.38 bits per heavy atom. The molecule has 1 heterocycles. The Bertz CT molecular complexity index is 728. The highest BCUT2D eigenvalue weighted by atomic mass is 35.5. The van der Waals surface area contributed by atoms with Gasteiger partial charge in [-0.05, 0) is 49.5 Å². The molecule has 1 amide bonds. The molecule has 0 radical (unpaired) electrons. The number of benzene rings is 2. The van der Waals surface area contributed by atoms with Crippen molar-refractivity contribution in [3.05, 3.63) is 58.9 Å². The largest absolute Gasteiger partial charge is 0.368 e. The molecule has 0 unspecified atom stereocenters. The monoisotopic (exact) mass is 347 g/mol. The molecule has 2 aromatic rings. The fraction of sp³-hybridized carbons (Fsp3) is 0.278. The van der Waals surface area contributed by atoms with Gasteiger partial charge in [0.15, 0.2) is 0 Å². The van der Waals surface area contributed by atoms with Crippen molar-refractivity contribution in [1.82, 2.24) is 4.90 Å². The molecule has 0 aliphatic carbocycles. The number of nitrogens with one attached hydrogen (secondary N) is 1. The number of carbonyl (C=O) groups is 1. The number of hydrogen-bond donors (Lipinski definition) is 1. The molecule has 126 valence electrons. The van der Waals surface area contributed by atoms with Crippen molar-refractivity contribution >= 4 is 28.9 Å². The highest BCUT2D eigenvalue weighted by Crippen LogP contribution is 2.29. The fourth-order valence-corrected chi connectivity index (χ4v) is 2.99. The number of piperazine rings is 1. The Labute approximate surface area is 145 Å². The number of hydrogen-bond acceptors (Lipinski definition) is 3. The summed E-state index contributed by atoms with van der Waals surface area (Å²) >= 11 is 6.39. The number of halogens is 2. The van der Waals surface area contributed by atoms with E-state index in [-0.39, 0.29) is 11.7 Å². The molecule has 24 heavy (non-hydrogen) atoms. The zero-order valence-corrected chi connectivity index (χ0v) is 14.2. The molecule has 0 bridgehead atoms. The molecule has 1 N–H and O–H groups in total. The lowest BCUT2D eigenvalue weighted by molar-refractivity contribution is 0.102. The zero-order chi connectivity index (χ0) is 17.1. The van der Waals surface area contributed by atoms with Crippen LogP contribution < -0.4 is 10.2 Å². The van der Waals surface area contributed by atoms with Crippen LogP contribution in [0.2, 0.25) is 5.02 Å². The second-order valence-corrected chi connectivity index (χ2v) is 6.32. The molecule has 0 aromatic heterocycles. The van der Waals surface area contributed by atoms with E-state index in [2.05, 4.69) is 22.2 Å². The van der Waals surface area contributed by atoms with Crippen LogP contribution in [-0.2, 0) is 0 Å². The van der Waals surface area contributed by atoms with Gasteiger partial charge >= 0.3 is 0 Å². The standard InChI is InChI=1S/C18H19ClFN3O/c1-22-8-10-23(11-9-22)17-7-6-15(12-16(17)19)21-18(24)13-2-4-14(20)5-3-13/h2-7,12H,8-11H2,1H3,(H,21,24). The molecule has 1 aliphatic heterocycles. The van der Waals surface area contributed by atoms with Crippen molar-refractivity contribution in [2.75, 3.05) is 43.4 Å². The molecule has 1 fully saturated rings. The normalized spacial score (nSPS) is 15.4. The molecular formula is C18H19ClFN3O. The highest BCUT2D eigenvalue weighted by molar-refractivity contribution is 6.33. The molecular weight excluding hydrogens is 329 g/mol. The smallest absolute Gasteiger partial charge is 0.255 e. The average molecular weight is 348 g/mol. The second kappa shape index (κ2) is 7.20. The summed E-state index contributed by atoms with van der Waals surface area (Å²) in [6, 6.07) is 10.9. The minimum Gasteiger partial charge on any atom is -0.368 e. The lowest BCUT2D eigenvalue weighted by Gasteiger charge is -2.34. The van der Waals surface area contributed by atoms with Crippen molar-refractivity contribution in [2.45, 2.75) is 0 Å². The van der Waals surface area contributed by atoms with Crippen LogP contribution in [0.3, 0.4) is 0 Å². The van der Waals surface area contributed by atoms with Crippen LogP contribution in [0.25, 0.3) is 0 Å². The maximum absolute atomic E-state index is 12.9. The Morgan fingerprint density at radius 2 is 1.75 bits per heavy atom. The Hall–Kier alpha value is -2.11. The lowest BCUT2D eigenvalue weighted by atomic mass is 10.2. The van der Waals surface area contributed by atoms with E-state index >= 15 is 0 Å². The molecule has 2 aromatic carbocycles. The van der Waals surface area contributed by atoms with Crippen molar-refractivity contribution in [1.29, 1.82) is 0 Å². The van der Waals surface area contributed by atoms with Gasteiger partial charge in [0.25, 0.3) is 5.91 Å². The summed E-state index contributed by atoms with van der Waals surface area (Å²) in [5, 5.41) is 3.39. The predicted octanol–water partition coefficient (Wildman–Crippen LogP) is 3.48. The third-order valence-corrected chi connectivity index (χ3v) is 4.46. The summed E-state index contributed by atoms with van der Waals surface area (Å²) in [5.74, 6) is -0.662. The molecule has 0 saturated carbocycles. The minimum absolute atomic E-state index is 0.293. The predicted molar refractivity (Wildman–Crippen MR) is 95.5 cm³/mol. The van der Waals surface area contributed by atoms with Gasteiger partial charge in [-0.15, -0.1) is 0 Å². The number of anilines is 2. The van der Waals surface area contributed by atoms with Crippen molar-refractivity contribution < 1.29 is 9.18 Å². The highest BCUT2D eigenvalue weighted by Gasteiger charge is 2.17. The van der Waals surface area contributed by atoms with Gasteiger partial charge in [0, 0.05) is 37.4 Å². The lowest BCUT2D eigenvalue weighted by Crippen LogP contribution is -2.44. The van der Waals surface area contributed by atoms with Gasteiger partial charge in [-0.25, -0.2) is 4.39 Å². The molecule has 3 rings (SSSR count). The molecule has 6 heteroatoms. The molecule has 1 aliphatic rings. The topological polar surface area (TPSA) is 35.6 Å².